The maximum absolute atomic E-state index is 14.3. The highest BCUT2D eigenvalue weighted by Gasteiger charge is 2.48. The van der Waals surface area contributed by atoms with Crippen LogP contribution in [0, 0.1) is 11.7 Å². The number of ketones is 1. The standard InChI is InChI=1S/C36H36FN3O6S2/c1-5-44-29-18-22(10-13-28(29)45-15-14-20(2)3)31-30(32(41)23-11-12-27-25(17-23)16-21(4)46-27)33(42)34(43)40(31)35-38-39-36(48-35)47-19-24-8-6-7-9-26(24)37/h6-13,17-18,20-21,31,41H,5,14-16,19H2,1-4H3/b32-30+/t21-,31-/m1/s1. The summed E-state index contributed by atoms with van der Waals surface area (Å²) in [6.07, 6.45) is 1.50. The Hall–Kier alpha value is -4.42. The first-order valence-corrected chi connectivity index (χ1v) is 17.6. The Labute approximate surface area is 286 Å². The topological polar surface area (TPSA) is 111 Å². The summed E-state index contributed by atoms with van der Waals surface area (Å²) in [6.45, 7) is 8.90. The Bertz CT molecular complexity index is 1880. The van der Waals surface area contributed by atoms with E-state index in [9.17, 15) is 19.1 Å². The number of carbonyl (C=O) groups excluding carboxylic acids is 2. The van der Waals surface area contributed by atoms with Crippen molar-refractivity contribution >= 4 is 45.7 Å². The van der Waals surface area contributed by atoms with Gasteiger partial charge in [0, 0.05) is 17.7 Å². The molecule has 1 amide bonds. The van der Waals surface area contributed by atoms with E-state index >= 15 is 0 Å². The number of aromatic nitrogens is 2. The lowest BCUT2D eigenvalue weighted by Crippen LogP contribution is -2.29. The van der Waals surface area contributed by atoms with Gasteiger partial charge in [-0.25, -0.2) is 4.39 Å². The van der Waals surface area contributed by atoms with E-state index in [1.54, 1.807) is 54.6 Å². The number of amides is 1. The van der Waals surface area contributed by atoms with Gasteiger partial charge in [-0.3, -0.25) is 14.5 Å². The van der Waals surface area contributed by atoms with Gasteiger partial charge >= 0.3 is 5.91 Å². The highest BCUT2D eigenvalue weighted by molar-refractivity contribution is 8.00. The molecule has 0 unspecified atom stereocenters. The summed E-state index contributed by atoms with van der Waals surface area (Å²) in [6, 6.07) is 15.9. The number of ether oxygens (including phenoxy) is 3. The molecule has 1 N–H and O–H groups in total. The largest absolute Gasteiger partial charge is 0.507 e. The van der Waals surface area contributed by atoms with Crippen molar-refractivity contribution in [2.75, 3.05) is 18.1 Å². The van der Waals surface area contributed by atoms with Crippen LogP contribution in [0.2, 0.25) is 0 Å². The number of aliphatic hydroxyl groups excluding tert-OH is 1. The average Bonchev–Trinajstić information content (AvgIpc) is 3.75. The number of carbonyl (C=O) groups is 2. The number of benzene rings is 3. The van der Waals surface area contributed by atoms with Crippen molar-refractivity contribution in [1.29, 1.82) is 0 Å². The van der Waals surface area contributed by atoms with Crippen LogP contribution in [-0.2, 0) is 21.8 Å². The zero-order valence-corrected chi connectivity index (χ0v) is 28.7. The van der Waals surface area contributed by atoms with Crippen LogP contribution in [0.5, 0.6) is 17.2 Å². The highest BCUT2D eigenvalue weighted by atomic mass is 32.2. The fourth-order valence-electron chi connectivity index (χ4n) is 5.67. The molecule has 3 heterocycles. The van der Waals surface area contributed by atoms with Crippen molar-refractivity contribution in [3.63, 3.8) is 0 Å². The quantitative estimate of drug-likeness (QED) is 0.0525. The van der Waals surface area contributed by atoms with Crippen LogP contribution < -0.4 is 19.1 Å². The molecule has 0 spiro atoms. The molecule has 6 rings (SSSR count). The first-order valence-electron chi connectivity index (χ1n) is 15.8. The number of aliphatic hydroxyl groups is 1. The lowest BCUT2D eigenvalue weighted by atomic mass is 9.94. The number of rotatable bonds is 12. The summed E-state index contributed by atoms with van der Waals surface area (Å²) in [5.41, 5.74) is 2.24. The number of fused-ring (bicyclic) bond motifs is 1. The lowest BCUT2D eigenvalue weighted by Gasteiger charge is -2.24. The van der Waals surface area contributed by atoms with Crippen molar-refractivity contribution in [2.45, 2.75) is 62.8 Å². The molecule has 3 aromatic carbocycles. The van der Waals surface area contributed by atoms with Crippen LogP contribution >= 0.6 is 23.1 Å². The van der Waals surface area contributed by atoms with Gasteiger partial charge in [0.05, 0.1) is 24.8 Å². The van der Waals surface area contributed by atoms with E-state index in [2.05, 4.69) is 24.0 Å². The van der Waals surface area contributed by atoms with E-state index in [4.69, 9.17) is 14.2 Å². The predicted octanol–water partition coefficient (Wildman–Crippen LogP) is 7.74. The molecule has 0 aliphatic carbocycles. The third-order valence-electron chi connectivity index (χ3n) is 8.06. The second kappa shape index (κ2) is 14.4. The van der Waals surface area contributed by atoms with Crippen molar-refractivity contribution in [1.82, 2.24) is 10.2 Å². The number of hydrogen-bond donors (Lipinski definition) is 1. The van der Waals surface area contributed by atoms with Crippen molar-refractivity contribution in [3.8, 4) is 17.2 Å². The van der Waals surface area contributed by atoms with Crippen molar-refractivity contribution in [2.24, 2.45) is 5.92 Å². The third kappa shape index (κ3) is 6.91. The Balaban J connectivity index is 1.41. The molecular weight excluding hydrogens is 654 g/mol. The molecule has 1 fully saturated rings. The van der Waals surface area contributed by atoms with Gasteiger partial charge in [0.1, 0.15) is 23.4 Å². The highest BCUT2D eigenvalue weighted by Crippen LogP contribution is 2.46. The number of anilines is 1. The summed E-state index contributed by atoms with van der Waals surface area (Å²) < 4.78 is 32.6. The normalized spacial score (nSPS) is 18.3. The summed E-state index contributed by atoms with van der Waals surface area (Å²) >= 11 is 2.39. The average molecular weight is 690 g/mol. The minimum absolute atomic E-state index is 0.0101. The molecule has 9 nitrogen and oxygen atoms in total. The zero-order valence-electron chi connectivity index (χ0n) is 27.1. The maximum atomic E-state index is 14.3. The number of nitrogens with zero attached hydrogens (tertiary/aromatic N) is 3. The van der Waals surface area contributed by atoms with Gasteiger partial charge < -0.3 is 19.3 Å². The van der Waals surface area contributed by atoms with Crippen molar-refractivity contribution in [3.05, 3.63) is 94.3 Å². The second-order valence-electron chi connectivity index (χ2n) is 12.0. The molecule has 0 radical (unpaired) electrons. The second-order valence-corrected chi connectivity index (χ2v) is 14.2. The van der Waals surface area contributed by atoms with E-state index in [-0.39, 0.29) is 28.4 Å². The van der Waals surface area contributed by atoms with Crippen LogP contribution in [0.4, 0.5) is 9.52 Å². The number of hydrogen-bond acceptors (Lipinski definition) is 10. The van der Waals surface area contributed by atoms with E-state index in [1.165, 1.54) is 22.7 Å². The van der Waals surface area contributed by atoms with Gasteiger partial charge in [0.15, 0.2) is 15.8 Å². The van der Waals surface area contributed by atoms with E-state index in [1.807, 2.05) is 13.8 Å². The minimum Gasteiger partial charge on any atom is -0.507 e. The molecule has 250 valence electrons. The van der Waals surface area contributed by atoms with Gasteiger partial charge in [0.2, 0.25) is 5.13 Å². The molecule has 0 bridgehead atoms. The lowest BCUT2D eigenvalue weighted by molar-refractivity contribution is -0.132. The fourth-order valence-corrected chi connectivity index (χ4v) is 7.52. The summed E-state index contributed by atoms with van der Waals surface area (Å²) in [7, 11) is 0. The summed E-state index contributed by atoms with van der Waals surface area (Å²) in [4.78, 5) is 28.9. The molecule has 2 aliphatic heterocycles. The smallest absolute Gasteiger partial charge is 0.301 e. The molecule has 2 aliphatic rings. The molecule has 12 heteroatoms. The first kappa shape index (κ1) is 33.5. The molecule has 2 atom stereocenters. The molecule has 4 aromatic rings. The van der Waals surface area contributed by atoms with E-state index in [0.717, 1.165) is 29.1 Å². The minimum atomic E-state index is -1.05. The zero-order chi connectivity index (χ0) is 33.9. The summed E-state index contributed by atoms with van der Waals surface area (Å²) in [5, 5.41) is 20.4. The Morgan fingerprint density at radius 2 is 1.92 bits per heavy atom. The Kier molecular flexibility index (Phi) is 10.0. The first-order chi connectivity index (χ1) is 23.1. The van der Waals surface area contributed by atoms with Crippen LogP contribution in [0.15, 0.2) is 70.6 Å². The number of Topliss-reactive ketones (excluding diaryl/α,β-unsaturated/α-hetero) is 1. The van der Waals surface area contributed by atoms with Crippen LogP contribution in [0.25, 0.3) is 5.76 Å². The van der Waals surface area contributed by atoms with Crippen LogP contribution in [-0.4, -0.2) is 46.3 Å². The number of thioether (sulfide) groups is 1. The molecule has 1 saturated heterocycles. The van der Waals surface area contributed by atoms with Crippen LogP contribution in [0.1, 0.15) is 62.4 Å². The SMILES string of the molecule is CCOc1cc([C@@H]2/C(=C(\O)c3ccc4c(c3)C[C@@H](C)O4)C(=O)C(=O)N2c2nnc(SCc3ccccc3F)s2)ccc1OCCC(C)C. The maximum Gasteiger partial charge on any atom is 0.301 e. The van der Waals surface area contributed by atoms with Crippen LogP contribution in [0.3, 0.4) is 0 Å². The molecule has 48 heavy (non-hydrogen) atoms. The summed E-state index contributed by atoms with van der Waals surface area (Å²) in [5.74, 6) is 0.132. The van der Waals surface area contributed by atoms with Crippen molar-refractivity contribution < 1.29 is 33.3 Å². The molecule has 0 saturated carbocycles. The molecule has 1 aromatic heterocycles. The van der Waals surface area contributed by atoms with Gasteiger partial charge in [0.25, 0.3) is 5.78 Å². The van der Waals surface area contributed by atoms with Gasteiger partial charge in [-0.05, 0) is 79.3 Å². The van der Waals surface area contributed by atoms with Gasteiger partial charge in [-0.15, -0.1) is 10.2 Å². The Morgan fingerprint density at radius 1 is 1.10 bits per heavy atom. The predicted molar refractivity (Wildman–Crippen MR) is 183 cm³/mol. The monoisotopic (exact) mass is 689 g/mol. The Morgan fingerprint density at radius 3 is 2.69 bits per heavy atom. The van der Waals surface area contributed by atoms with Gasteiger partial charge in [-0.1, -0.05) is 61.2 Å². The molecular formula is C36H36FN3O6S2. The van der Waals surface area contributed by atoms with Gasteiger partial charge in [-0.2, -0.15) is 0 Å². The van der Waals surface area contributed by atoms with E-state index < -0.39 is 17.7 Å². The number of halogens is 1. The third-order valence-corrected chi connectivity index (χ3v) is 10.2. The fraction of sp³-hybridized carbons (Fsp3) is 0.333. The van der Waals surface area contributed by atoms with E-state index in [0.29, 0.717) is 63.8 Å².